The molecule has 0 heterocycles. The summed E-state index contributed by atoms with van der Waals surface area (Å²) in [5.41, 5.74) is 0.984. The minimum atomic E-state index is -3.74. The zero-order chi connectivity index (χ0) is 14.8. The number of methoxy groups -OCH3 is 1. The van der Waals surface area contributed by atoms with Gasteiger partial charge in [0.2, 0.25) is 0 Å². The Hall–Kier alpha value is -2.21. The predicted octanol–water partition coefficient (Wildman–Crippen LogP) is 2.51. The largest absolute Gasteiger partial charge is 0.508 e. The lowest BCUT2D eigenvalue weighted by Crippen LogP contribution is -2.14. The molecule has 0 aliphatic carbocycles. The van der Waals surface area contributed by atoms with Crippen molar-refractivity contribution in [1.29, 1.82) is 0 Å². The highest BCUT2D eigenvalue weighted by Gasteiger charge is 2.17. The van der Waals surface area contributed by atoms with Gasteiger partial charge in [0.25, 0.3) is 10.0 Å². The molecule has 0 aromatic heterocycles. The Kier molecular flexibility index (Phi) is 3.85. The number of benzene rings is 2. The van der Waals surface area contributed by atoms with Gasteiger partial charge in [0.15, 0.2) is 0 Å². The van der Waals surface area contributed by atoms with Gasteiger partial charge in [-0.1, -0.05) is 6.07 Å². The van der Waals surface area contributed by atoms with Crippen LogP contribution in [0.1, 0.15) is 5.56 Å². The molecule has 0 amide bonds. The Morgan fingerprint density at radius 3 is 2.35 bits per heavy atom. The van der Waals surface area contributed by atoms with Crippen molar-refractivity contribution in [1.82, 2.24) is 0 Å². The maximum absolute atomic E-state index is 12.3. The van der Waals surface area contributed by atoms with Crippen LogP contribution in [0.5, 0.6) is 11.5 Å². The van der Waals surface area contributed by atoms with E-state index in [-0.39, 0.29) is 10.6 Å². The summed E-state index contributed by atoms with van der Waals surface area (Å²) < 4.78 is 32.0. The van der Waals surface area contributed by atoms with E-state index in [1.807, 2.05) is 0 Å². The third kappa shape index (κ3) is 3.03. The van der Waals surface area contributed by atoms with Crippen LogP contribution in [-0.2, 0) is 10.0 Å². The summed E-state index contributed by atoms with van der Waals surface area (Å²) in [6, 6.07) is 10.8. The maximum Gasteiger partial charge on any atom is 0.262 e. The minimum Gasteiger partial charge on any atom is -0.508 e. The summed E-state index contributed by atoms with van der Waals surface area (Å²) >= 11 is 0. The molecule has 0 aliphatic heterocycles. The molecular weight excluding hydrogens is 278 g/mol. The monoisotopic (exact) mass is 293 g/mol. The van der Waals surface area contributed by atoms with Crippen LogP contribution in [0.25, 0.3) is 0 Å². The van der Waals surface area contributed by atoms with E-state index in [1.165, 1.54) is 19.2 Å². The number of ether oxygens (including phenoxy) is 1. The van der Waals surface area contributed by atoms with Crippen molar-refractivity contribution in [3.05, 3.63) is 48.0 Å². The first-order valence-electron chi connectivity index (χ1n) is 5.89. The second-order valence-electron chi connectivity index (χ2n) is 4.28. The lowest BCUT2D eigenvalue weighted by atomic mass is 10.2. The standard InChI is InChI=1S/C14H15NO4S/c1-10-3-6-12(16)9-14(10)20(17,18)15-11-4-7-13(19-2)8-5-11/h3-9,15-16H,1-2H3. The van der Waals surface area contributed by atoms with Gasteiger partial charge in [-0.05, 0) is 42.8 Å². The van der Waals surface area contributed by atoms with Crippen LogP contribution in [-0.4, -0.2) is 20.6 Å². The van der Waals surface area contributed by atoms with E-state index >= 15 is 0 Å². The van der Waals surface area contributed by atoms with E-state index in [9.17, 15) is 13.5 Å². The maximum atomic E-state index is 12.3. The second kappa shape index (κ2) is 5.42. The summed E-state index contributed by atoms with van der Waals surface area (Å²) in [6.07, 6.45) is 0. The molecule has 0 radical (unpaired) electrons. The number of nitrogens with one attached hydrogen (secondary N) is 1. The van der Waals surface area contributed by atoms with Crippen molar-refractivity contribution in [3.63, 3.8) is 0 Å². The van der Waals surface area contributed by atoms with E-state index < -0.39 is 10.0 Å². The van der Waals surface area contributed by atoms with Gasteiger partial charge in [-0.3, -0.25) is 4.72 Å². The van der Waals surface area contributed by atoms with Gasteiger partial charge in [-0.15, -0.1) is 0 Å². The lowest BCUT2D eigenvalue weighted by Gasteiger charge is -2.11. The minimum absolute atomic E-state index is 0.0494. The molecule has 0 fully saturated rings. The number of aromatic hydroxyl groups is 1. The van der Waals surface area contributed by atoms with Gasteiger partial charge in [0.1, 0.15) is 11.5 Å². The van der Waals surface area contributed by atoms with Crippen LogP contribution in [0, 0.1) is 6.92 Å². The Bertz CT molecular complexity index is 708. The first kappa shape index (κ1) is 14.2. The highest BCUT2D eigenvalue weighted by molar-refractivity contribution is 7.92. The van der Waals surface area contributed by atoms with Gasteiger partial charge < -0.3 is 9.84 Å². The van der Waals surface area contributed by atoms with E-state index in [0.29, 0.717) is 17.0 Å². The number of rotatable bonds is 4. The molecule has 20 heavy (non-hydrogen) atoms. The normalized spacial score (nSPS) is 11.1. The summed E-state index contributed by atoms with van der Waals surface area (Å²) in [5.74, 6) is 0.548. The van der Waals surface area contributed by atoms with Crippen molar-refractivity contribution in [2.24, 2.45) is 0 Å². The van der Waals surface area contributed by atoms with Gasteiger partial charge in [-0.2, -0.15) is 0 Å². The molecule has 106 valence electrons. The van der Waals surface area contributed by atoms with Gasteiger partial charge in [0.05, 0.1) is 12.0 Å². The number of phenolic OH excluding ortho intramolecular Hbond substituents is 1. The van der Waals surface area contributed by atoms with Crippen molar-refractivity contribution in [2.45, 2.75) is 11.8 Å². The third-order valence-electron chi connectivity index (χ3n) is 2.80. The van der Waals surface area contributed by atoms with Crippen LogP contribution in [0.2, 0.25) is 0 Å². The molecule has 6 heteroatoms. The van der Waals surface area contributed by atoms with Crippen molar-refractivity contribution in [3.8, 4) is 11.5 Å². The summed E-state index contributed by atoms with van der Waals surface area (Å²) in [4.78, 5) is 0.0494. The van der Waals surface area contributed by atoms with E-state index in [4.69, 9.17) is 4.74 Å². The molecule has 2 N–H and O–H groups in total. The van der Waals surface area contributed by atoms with E-state index in [1.54, 1.807) is 37.3 Å². The number of hydrogen-bond acceptors (Lipinski definition) is 4. The molecule has 2 aromatic rings. The highest BCUT2D eigenvalue weighted by atomic mass is 32.2. The predicted molar refractivity (Wildman–Crippen MR) is 76.6 cm³/mol. The van der Waals surface area contributed by atoms with Gasteiger partial charge in [0, 0.05) is 11.8 Å². The highest BCUT2D eigenvalue weighted by Crippen LogP contribution is 2.24. The molecule has 0 atom stereocenters. The van der Waals surface area contributed by atoms with E-state index in [2.05, 4.69) is 4.72 Å². The first-order chi connectivity index (χ1) is 9.42. The summed E-state index contributed by atoms with van der Waals surface area (Å²) in [5, 5.41) is 9.43. The Morgan fingerprint density at radius 2 is 1.75 bits per heavy atom. The molecule has 0 saturated carbocycles. The van der Waals surface area contributed by atoms with Crippen molar-refractivity contribution >= 4 is 15.7 Å². The lowest BCUT2D eigenvalue weighted by molar-refractivity contribution is 0.415. The van der Waals surface area contributed by atoms with Crippen molar-refractivity contribution < 1.29 is 18.3 Å². The van der Waals surface area contributed by atoms with Crippen LogP contribution in [0.4, 0.5) is 5.69 Å². The summed E-state index contributed by atoms with van der Waals surface area (Å²) in [7, 11) is -2.20. The third-order valence-corrected chi connectivity index (χ3v) is 4.33. The molecule has 0 spiro atoms. The zero-order valence-electron chi connectivity index (χ0n) is 11.1. The Labute approximate surface area is 117 Å². The number of aryl methyl sites for hydroxylation is 1. The molecule has 5 nitrogen and oxygen atoms in total. The number of hydrogen-bond donors (Lipinski definition) is 2. The SMILES string of the molecule is COc1ccc(NS(=O)(=O)c2cc(O)ccc2C)cc1. The van der Waals surface area contributed by atoms with Crippen LogP contribution < -0.4 is 9.46 Å². The molecule has 0 unspecified atom stereocenters. The van der Waals surface area contributed by atoms with Crippen LogP contribution in [0.15, 0.2) is 47.4 Å². The molecule has 2 rings (SSSR count). The fraction of sp³-hybridized carbons (Fsp3) is 0.143. The fourth-order valence-corrected chi connectivity index (χ4v) is 3.07. The van der Waals surface area contributed by atoms with Gasteiger partial charge in [-0.25, -0.2) is 8.42 Å². The average molecular weight is 293 g/mol. The van der Waals surface area contributed by atoms with Crippen LogP contribution in [0.3, 0.4) is 0 Å². The Morgan fingerprint density at radius 1 is 1.10 bits per heavy atom. The smallest absolute Gasteiger partial charge is 0.262 e. The average Bonchev–Trinajstić information content (AvgIpc) is 2.42. The number of phenols is 1. The molecule has 0 aliphatic rings. The van der Waals surface area contributed by atoms with Crippen LogP contribution >= 0.6 is 0 Å². The molecule has 0 saturated heterocycles. The zero-order valence-corrected chi connectivity index (χ0v) is 11.9. The number of sulfonamides is 1. The first-order valence-corrected chi connectivity index (χ1v) is 7.37. The Balaban J connectivity index is 2.32. The number of anilines is 1. The fourth-order valence-electron chi connectivity index (χ4n) is 1.75. The van der Waals surface area contributed by atoms with Gasteiger partial charge >= 0.3 is 0 Å². The molecular formula is C14H15NO4S. The second-order valence-corrected chi connectivity index (χ2v) is 5.93. The van der Waals surface area contributed by atoms with E-state index in [0.717, 1.165) is 0 Å². The topological polar surface area (TPSA) is 75.6 Å². The molecule has 0 bridgehead atoms. The summed E-state index contributed by atoms with van der Waals surface area (Å²) in [6.45, 7) is 1.67. The molecule has 2 aromatic carbocycles. The van der Waals surface area contributed by atoms with Crippen molar-refractivity contribution in [2.75, 3.05) is 11.8 Å². The quantitative estimate of drug-likeness (QED) is 0.908.